The number of halogens is 1. The fourth-order valence-electron chi connectivity index (χ4n) is 4.64. The summed E-state index contributed by atoms with van der Waals surface area (Å²) in [5.41, 5.74) is 7.94. The molecule has 6 heteroatoms. The second kappa shape index (κ2) is 8.29. The van der Waals surface area contributed by atoms with Crippen LogP contribution in [0.5, 0.6) is 5.88 Å². The Bertz CT molecular complexity index is 831. The second-order valence-electron chi connectivity index (χ2n) is 8.32. The summed E-state index contributed by atoms with van der Waals surface area (Å²) in [5.74, 6) is 0.755. The minimum atomic E-state index is -0.304. The Kier molecular flexibility index (Phi) is 5.78. The quantitative estimate of drug-likeness (QED) is 0.722. The van der Waals surface area contributed by atoms with Crippen molar-refractivity contribution in [2.45, 2.75) is 69.9 Å². The SMILES string of the molecule is CCCCOc1ccc2ncc(F)c(CCC34CCCC(C3)C(N)CO4)c2n1. The van der Waals surface area contributed by atoms with E-state index in [1.54, 1.807) is 0 Å². The number of rotatable bonds is 7. The first-order valence-electron chi connectivity index (χ1n) is 10.6. The van der Waals surface area contributed by atoms with Crippen molar-refractivity contribution in [1.29, 1.82) is 0 Å². The smallest absolute Gasteiger partial charge is 0.213 e. The molecule has 2 fully saturated rings. The van der Waals surface area contributed by atoms with Crippen molar-refractivity contribution in [2.24, 2.45) is 11.7 Å². The maximum atomic E-state index is 14.7. The van der Waals surface area contributed by atoms with Crippen LogP contribution in [0.1, 0.15) is 57.4 Å². The van der Waals surface area contributed by atoms with Crippen LogP contribution in [-0.2, 0) is 11.2 Å². The van der Waals surface area contributed by atoms with Gasteiger partial charge in [0, 0.05) is 17.7 Å². The lowest BCUT2D eigenvalue weighted by molar-refractivity contribution is -0.133. The van der Waals surface area contributed by atoms with Crippen LogP contribution in [0.4, 0.5) is 4.39 Å². The van der Waals surface area contributed by atoms with Crippen molar-refractivity contribution >= 4 is 11.0 Å². The Morgan fingerprint density at radius 1 is 1.39 bits per heavy atom. The lowest BCUT2D eigenvalue weighted by Gasteiger charge is -2.47. The van der Waals surface area contributed by atoms with Gasteiger partial charge >= 0.3 is 0 Å². The number of nitrogens with two attached hydrogens (primary N) is 1. The van der Waals surface area contributed by atoms with Crippen molar-refractivity contribution in [3.05, 3.63) is 29.7 Å². The highest BCUT2D eigenvalue weighted by Crippen LogP contribution is 2.43. The zero-order valence-corrected chi connectivity index (χ0v) is 16.6. The second-order valence-corrected chi connectivity index (χ2v) is 8.32. The topological polar surface area (TPSA) is 70.3 Å². The number of hydrogen-bond donors (Lipinski definition) is 1. The number of pyridine rings is 2. The molecule has 0 spiro atoms. The van der Waals surface area contributed by atoms with Crippen LogP contribution >= 0.6 is 0 Å². The molecule has 2 aromatic heterocycles. The van der Waals surface area contributed by atoms with Gasteiger partial charge in [-0.05, 0) is 50.5 Å². The predicted octanol–water partition coefficient (Wildman–Crippen LogP) is 4.17. The van der Waals surface area contributed by atoms with Crippen LogP contribution in [0, 0.1) is 11.7 Å². The van der Waals surface area contributed by atoms with Crippen LogP contribution in [0.25, 0.3) is 11.0 Å². The molecule has 0 aromatic carbocycles. The molecule has 28 heavy (non-hydrogen) atoms. The first-order chi connectivity index (χ1) is 13.6. The first-order valence-corrected chi connectivity index (χ1v) is 10.6. The van der Waals surface area contributed by atoms with Gasteiger partial charge in [0.25, 0.3) is 0 Å². The van der Waals surface area contributed by atoms with Gasteiger partial charge in [0.15, 0.2) is 0 Å². The van der Waals surface area contributed by atoms with E-state index in [0.717, 1.165) is 38.5 Å². The molecule has 5 nitrogen and oxygen atoms in total. The zero-order chi connectivity index (χ0) is 19.6. The van der Waals surface area contributed by atoms with Gasteiger partial charge in [-0.15, -0.1) is 0 Å². The standard InChI is InChI=1S/C22H30FN3O2/c1-2-3-11-27-20-7-6-19-21(26-20)16(17(23)13-25-19)8-10-22-9-4-5-15(12-22)18(24)14-28-22/h6-7,13,15,18H,2-5,8-12,14,24H2,1H3. The maximum absolute atomic E-state index is 14.7. The molecule has 1 aliphatic carbocycles. The van der Waals surface area contributed by atoms with Crippen molar-refractivity contribution in [3.8, 4) is 5.88 Å². The monoisotopic (exact) mass is 387 g/mol. The predicted molar refractivity (Wildman–Crippen MR) is 107 cm³/mol. The van der Waals surface area contributed by atoms with Crippen LogP contribution in [0.2, 0.25) is 0 Å². The highest BCUT2D eigenvalue weighted by molar-refractivity contribution is 5.78. The van der Waals surface area contributed by atoms with E-state index in [2.05, 4.69) is 16.9 Å². The molecule has 3 atom stereocenters. The number of hydrogen-bond acceptors (Lipinski definition) is 5. The summed E-state index contributed by atoms with van der Waals surface area (Å²) in [6, 6.07) is 3.80. The van der Waals surface area contributed by atoms with Gasteiger partial charge in [0.2, 0.25) is 5.88 Å². The van der Waals surface area contributed by atoms with E-state index >= 15 is 0 Å². The lowest BCUT2D eigenvalue weighted by Crippen LogP contribution is -2.52. The minimum Gasteiger partial charge on any atom is -0.478 e. The lowest BCUT2D eigenvalue weighted by atomic mass is 9.71. The molecule has 1 saturated heterocycles. The van der Waals surface area contributed by atoms with E-state index in [4.69, 9.17) is 15.2 Å². The van der Waals surface area contributed by atoms with E-state index in [9.17, 15) is 4.39 Å². The normalized spacial score (nSPS) is 27.1. The third-order valence-corrected chi connectivity index (χ3v) is 6.35. The van der Waals surface area contributed by atoms with Gasteiger partial charge in [0.05, 0.1) is 36.0 Å². The molecule has 4 rings (SSSR count). The molecule has 0 amide bonds. The van der Waals surface area contributed by atoms with Crippen LogP contribution in [0.15, 0.2) is 18.3 Å². The zero-order valence-electron chi connectivity index (χ0n) is 16.6. The van der Waals surface area contributed by atoms with Crippen molar-refractivity contribution in [1.82, 2.24) is 9.97 Å². The third kappa shape index (κ3) is 3.98. The summed E-state index contributed by atoms with van der Waals surface area (Å²) in [5, 5.41) is 0. The van der Waals surface area contributed by atoms with E-state index in [-0.39, 0.29) is 17.5 Å². The summed E-state index contributed by atoms with van der Waals surface area (Å²) in [6.07, 6.45) is 9.02. The molecular weight excluding hydrogens is 357 g/mol. The summed E-state index contributed by atoms with van der Waals surface area (Å²) >= 11 is 0. The number of ether oxygens (including phenoxy) is 2. The molecule has 1 saturated carbocycles. The fourth-order valence-corrected chi connectivity index (χ4v) is 4.64. The van der Waals surface area contributed by atoms with E-state index in [0.29, 0.717) is 48.0 Å². The maximum Gasteiger partial charge on any atom is 0.213 e. The Labute approximate surface area is 165 Å². The molecule has 2 aliphatic rings. The summed E-state index contributed by atoms with van der Waals surface area (Å²) in [6.45, 7) is 3.34. The average molecular weight is 387 g/mol. The Balaban J connectivity index is 1.55. The van der Waals surface area contributed by atoms with Gasteiger partial charge in [-0.1, -0.05) is 19.8 Å². The van der Waals surface area contributed by atoms with Crippen molar-refractivity contribution in [3.63, 3.8) is 0 Å². The van der Waals surface area contributed by atoms with Crippen LogP contribution in [-0.4, -0.2) is 34.8 Å². The number of unbranched alkanes of at least 4 members (excludes halogenated alkanes) is 1. The Hall–Kier alpha value is -1.79. The molecule has 0 radical (unpaired) electrons. The number of fused-ring (bicyclic) bond motifs is 3. The highest BCUT2D eigenvalue weighted by atomic mass is 19.1. The van der Waals surface area contributed by atoms with Gasteiger partial charge in [-0.2, -0.15) is 0 Å². The summed E-state index contributed by atoms with van der Waals surface area (Å²) in [4.78, 5) is 8.78. The van der Waals surface area contributed by atoms with Gasteiger partial charge < -0.3 is 15.2 Å². The molecule has 3 heterocycles. The summed E-state index contributed by atoms with van der Waals surface area (Å²) < 4.78 is 26.6. The minimum absolute atomic E-state index is 0.136. The molecule has 2 bridgehead atoms. The number of aromatic nitrogens is 2. The van der Waals surface area contributed by atoms with Crippen LogP contribution in [0.3, 0.4) is 0 Å². The number of nitrogens with zero attached hydrogens (tertiary/aromatic N) is 2. The van der Waals surface area contributed by atoms with Gasteiger partial charge in [0.1, 0.15) is 5.82 Å². The summed E-state index contributed by atoms with van der Waals surface area (Å²) in [7, 11) is 0. The van der Waals surface area contributed by atoms with Gasteiger partial charge in [-0.25, -0.2) is 9.37 Å². The van der Waals surface area contributed by atoms with Gasteiger partial charge in [-0.3, -0.25) is 4.98 Å². The van der Waals surface area contributed by atoms with E-state index in [1.807, 2.05) is 12.1 Å². The first kappa shape index (κ1) is 19.5. The molecule has 2 N–H and O–H groups in total. The fraction of sp³-hybridized carbons (Fsp3) is 0.636. The van der Waals surface area contributed by atoms with E-state index in [1.165, 1.54) is 12.6 Å². The third-order valence-electron chi connectivity index (χ3n) is 6.35. The number of aryl methyl sites for hydroxylation is 1. The van der Waals surface area contributed by atoms with Crippen LogP contribution < -0.4 is 10.5 Å². The molecule has 2 aromatic rings. The Morgan fingerprint density at radius 3 is 3.14 bits per heavy atom. The average Bonchev–Trinajstić information content (AvgIpc) is 2.71. The van der Waals surface area contributed by atoms with Crippen molar-refractivity contribution in [2.75, 3.05) is 13.2 Å². The molecule has 3 unspecified atom stereocenters. The Morgan fingerprint density at radius 2 is 2.29 bits per heavy atom. The van der Waals surface area contributed by atoms with Crippen molar-refractivity contribution < 1.29 is 13.9 Å². The molecular formula is C22H30FN3O2. The molecule has 1 aliphatic heterocycles. The highest BCUT2D eigenvalue weighted by Gasteiger charge is 2.43. The van der Waals surface area contributed by atoms with E-state index < -0.39 is 0 Å². The largest absolute Gasteiger partial charge is 0.478 e. The molecule has 152 valence electrons.